The van der Waals surface area contributed by atoms with Gasteiger partial charge in [-0.05, 0) is 31.0 Å². The van der Waals surface area contributed by atoms with Crippen molar-refractivity contribution in [2.24, 2.45) is 0 Å². The lowest BCUT2D eigenvalue weighted by atomic mass is 10.2. The minimum atomic E-state index is -0.406. The monoisotopic (exact) mass is 339 g/mol. The van der Waals surface area contributed by atoms with E-state index in [-0.39, 0.29) is 10.9 Å². The van der Waals surface area contributed by atoms with Gasteiger partial charge >= 0.3 is 0 Å². The van der Waals surface area contributed by atoms with Crippen molar-refractivity contribution in [1.82, 2.24) is 9.80 Å². The summed E-state index contributed by atoms with van der Waals surface area (Å²) in [5, 5.41) is 2.98. The zero-order valence-corrected chi connectivity index (χ0v) is 14.0. The van der Waals surface area contributed by atoms with Crippen LogP contribution in [0.3, 0.4) is 0 Å². The molecule has 0 atom stereocenters. The van der Waals surface area contributed by atoms with Gasteiger partial charge in [-0.25, -0.2) is 4.39 Å². The molecule has 2 aliphatic rings. The van der Waals surface area contributed by atoms with E-state index in [4.69, 9.17) is 11.6 Å². The van der Waals surface area contributed by atoms with Crippen LogP contribution in [0.5, 0.6) is 0 Å². The molecule has 1 amide bonds. The van der Waals surface area contributed by atoms with Crippen LogP contribution in [0.1, 0.15) is 25.7 Å². The summed E-state index contributed by atoms with van der Waals surface area (Å²) in [6.45, 7) is 4.26. The molecule has 3 rings (SSSR count). The average Bonchev–Trinajstić information content (AvgIpc) is 3.05. The maximum absolute atomic E-state index is 13.0. The summed E-state index contributed by atoms with van der Waals surface area (Å²) < 4.78 is 13.0. The molecule has 1 aromatic rings. The van der Waals surface area contributed by atoms with E-state index in [1.54, 1.807) is 0 Å². The summed E-state index contributed by atoms with van der Waals surface area (Å²) in [6, 6.07) is 4.75. The lowest BCUT2D eigenvalue weighted by Gasteiger charge is -2.37. The third-order valence-electron chi connectivity index (χ3n) is 4.82. The van der Waals surface area contributed by atoms with E-state index >= 15 is 0 Å². The van der Waals surface area contributed by atoms with Gasteiger partial charge in [0.15, 0.2) is 0 Å². The fourth-order valence-corrected chi connectivity index (χ4v) is 3.75. The molecule has 1 saturated heterocycles. The normalized spacial score (nSPS) is 20.8. The summed E-state index contributed by atoms with van der Waals surface area (Å²) in [7, 11) is 0. The first-order valence-corrected chi connectivity index (χ1v) is 8.71. The van der Waals surface area contributed by atoms with E-state index in [2.05, 4.69) is 15.1 Å². The number of nitrogens with zero attached hydrogens (tertiary/aromatic N) is 2. The average molecular weight is 340 g/mol. The lowest BCUT2D eigenvalue weighted by Crippen LogP contribution is -2.51. The molecule has 1 aliphatic carbocycles. The first-order chi connectivity index (χ1) is 11.1. The number of amides is 1. The third kappa shape index (κ3) is 4.43. The Balaban J connectivity index is 1.45. The number of piperazine rings is 1. The Bertz CT molecular complexity index is 555. The Morgan fingerprint density at radius 2 is 1.91 bits per heavy atom. The third-order valence-corrected chi connectivity index (χ3v) is 5.13. The fraction of sp³-hybridized carbons (Fsp3) is 0.588. The highest BCUT2D eigenvalue weighted by atomic mass is 35.5. The van der Waals surface area contributed by atoms with Gasteiger partial charge in [0.05, 0.1) is 17.3 Å². The molecule has 0 bridgehead atoms. The number of carbonyl (C=O) groups excluding carboxylic acids is 1. The number of hydrogen-bond donors (Lipinski definition) is 1. The molecule has 1 saturated carbocycles. The van der Waals surface area contributed by atoms with Gasteiger partial charge < -0.3 is 5.32 Å². The van der Waals surface area contributed by atoms with Gasteiger partial charge in [0.1, 0.15) is 5.82 Å². The minimum absolute atomic E-state index is 0.104. The lowest BCUT2D eigenvalue weighted by molar-refractivity contribution is -0.117. The largest absolute Gasteiger partial charge is 0.324 e. The van der Waals surface area contributed by atoms with Crippen LogP contribution in [0.15, 0.2) is 18.2 Å². The van der Waals surface area contributed by atoms with Gasteiger partial charge in [-0.1, -0.05) is 24.4 Å². The molecule has 0 aromatic heterocycles. The first-order valence-electron chi connectivity index (χ1n) is 8.33. The van der Waals surface area contributed by atoms with Gasteiger partial charge in [0, 0.05) is 32.2 Å². The second-order valence-corrected chi connectivity index (χ2v) is 6.83. The van der Waals surface area contributed by atoms with E-state index < -0.39 is 5.82 Å². The number of anilines is 1. The molecule has 0 spiro atoms. The molecule has 2 fully saturated rings. The van der Waals surface area contributed by atoms with Crippen molar-refractivity contribution in [2.45, 2.75) is 31.7 Å². The molecular formula is C17H23ClFN3O. The van der Waals surface area contributed by atoms with Crippen molar-refractivity contribution in [3.05, 3.63) is 29.0 Å². The molecule has 4 nitrogen and oxygen atoms in total. The predicted molar refractivity (Wildman–Crippen MR) is 90.3 cm³/mol. The molecule has 1 N–H and O–H groups in total. The highest BCUT2D eigenvalue weighted by Crippen LogP contribution is 2.24. The summed E-state index contributed by atoms with van der Waals surface area (Å²) in [5.41, 5.74) is 0.461. The standard InChI is InChI=1S/C17H23ClFN3O/c18-15-11-13(19)5-6-16(15)20-17(23)12-21-7-9-22(10-8-21)14-3-1-2-4-14/h5-6,11,14H,1-4,7-10,12H2,(H,20,23). The van der Waals surface area contributed by atoms with Gasteiger partial charge in [0.2, 0.25) is 5.91 Å². The molecular weight excluding hydrogens is 317 g/mol. The van der Waals surface area contributed by atoms with Crippen LogP contribution in [0.2, 0.25) is 5.02 Å². The van der Waals surface area contributed by atoms with Crippen molar-refractivity contribution in [3.63, 3.8) is 0 Å². The van der Waals surface area contributed by atoms with E-state index in [9.17, 15) is 9.18 Å². The summed E-state index contributed by atoms with van der Waals surface area (Å²) in [5.74, 6) is -0.510. The Morgan fingerprint density at radius 3 is 2.57 bits per heavy atom. The van der Waals surface area contributed by atoms with E-state index in [0.29, 0.717) is 12.2 Å². The van der Waals surface area contributed by atoms with Crippen LogP contribution in [0, 0.1) is 5.82 Å². The zero-order chi connectivity index (χ0) is 16.2. The second-order valence-electron chi connectivity index (χ2n) is 6.42. The van der Waals surface area contributed by atoms with Gasteiger partial charge in [-0.2, -0.15) is 0 Å². The van der Waals surface area contributed by atoms with Crippen LogP contribution < -0.4 is 5.32 Å². The molecule has 1 heterocycles. The van der Waals surface area contributed by atoms with Crippen LogP contribution in [0.25, 0.3) is 0 Å². The highest BCUT2D eigenvalue weighted by Gasteiger charge is 2.26. The maximum atomic E-state index is 13.0. The zero-order valence-electron chi connectivity index (χ0n) is 13.2. The van der Waals surface area contributed by atoms with Crippen LogP contribution >= 0.6 is 11.6 Å². The second kappa shape index (κ2) is 7.60. The smallest absolute Gasteiger partial charge is 0.238 e. The van der Waals surface area contributed by atoms with Gasteiger partial charge in [-0.3, -0.25) is 14.6 Å². The predicted octanol–water partition coefficient (Wildman–Crippen LogP) is 2.98. The Hall–Kier alpha value is -1.17. The van der Waals surface area contributed by atoms with E-state index in [1.165, 1.54) is 43.9 Å². The van der Waals surface area contributed by atoms with Crippen molar-refractivity contribution in [3.8, 4) is 0 Å². The highest BCUT2D eigenvalue weighted by molar-refractivity contribution is 6.33. The SMILES string of the molecule is O=C(CN1CCN(C2CCCC2)CC1)Nc1ccc(F)cc1Cl. The number of benzene rings is 1. The number of hydrogen-bond acceptors (Lipinski definition) is 3. The Kier molecular flexibility index (Phi) is 5.51. The first kappa shape index (κ1) is 16.7. The van der Waals surface area contributed by atoms with Crippen molar-refractivity contribution in [2.75, 3.05) is 38.0 Å². The number of carbonyl (C=O) groups is 1. The van der Waals surface area contributed by atoms with Crippen molar-refractivity contribution >= 4 is 23.2 Å². The molecule has 126 valence electrons. The maximum Gasteiger partial charge on any atom is 0.238 e. The Morgan fingerprint density at radius 1 is 1.22 bits per heavy atom. The molecule has 0 radical (unpaired) electrons. The van der Waals surface area contributed by atoms with Crippen molar-refractivity contribution < 1.29 is 9.18 Å². The van der Waals surface area contributed by atoms with Crippen LogP contribution in [-0.4, -0.2) is 54.5 Å². The molecule has 1 aliphatic heterocycles. The fourth-order valence-electron chi connectivity index (χ4n) is 3.54. The van der Waals surface area contributed by atoms with Gasteiger partial charge in [0.25, 0.3) is 0 Å². The van der Waals surface area contributed by atoms with E-state index in [1.807, 2.05) is 0 Å². The van der Waals surface area contributed by atoms with E-state index in [0.717, 1.165) is 32.2 Å². The summed E-state index contributed by atoms with van der Waals surface area (Å²) in [4.78, 5) is 16.9. The van der Waals surface area contributed by atoms with Crippen LogP contribution in [0.4, 0.5) is 10.1 Å². The summed E-state index contributed by atoms with van der Waals surface area (Å²) >= 11 is 5.93. The number of nitrogens with one attached hydrogen (secondary N) is 1. The van der Waals surface area contributed by atoms with Gasteiger partial charge in [-0.15, -0.1) is 0 Å². The minimum Gasteiger partial charge on any atom is -0.324 e. The quantitative estimate of drug-likeness (QED) is 0.916. The molecule has 0 unspecified atom stereocenters. The Labute approximate surface area is 141 Å². The topological polar surface area (TPSA) is 35.6 Å². The van der Waals surface area contributed by atoms with Crippen molar-refractivity contribution in [1.29, 1.82) is 0 Å². The van der Waals surface area contributed by atoms with Crippen LogP contribution in [-0.2, 0) is 4.79 Å². The molecule has 23 heavy (non-hydrogen) atoms. The summed E-state index contributed by atoms with van der Waals surface area (Å²) in [6.07, 6.45) is 5.35. The molecule has 6 heteroatoms. The molecule has 1 aromatic carbocycles. The number of halogens is 2. The number of rotatable bonds is 4.